The van der Waals surface area contributed by atoms with Crippen LogP contribution < -0.4 is 0 Å². The van der Waals surface area contributed by atoms with Crippen LogP contribution in [0.4, 0.5) is 0 Å². The van der Waals surface area contributed by atoms with Gasteiger partial charge in [0, 0.05) is 6.42 Å². The predicted octanol–water partition coefficient (Wildman–Crippen LogP) is 1.55. The maximum Gasteiger partial charge on any atom is 0.319 e. The van der Waals surface area contributed by atoms with Gasteiger partial charge in [-0.3, -0.25) is 9.59 Å². The Kier molecular flexibility index (Phi) is 2.13. The fourth-order valence-corrected chi connectivity index (χ4v) is 2.50. The number of ether oxygens (including phenoxy) is 1. The monoisotopic (exact) mass is 196 g/mol. The van der Waals surface area contributed by atoms with Gasteiger partial charge in [0.1, 0.15) is 11.2 Å². The van der Waals surface area contributed by atoms with Crippen LogP contribution in [-0.2, 0) is 14.3 Å². The number of rotatable bonds is 2. The number of methoxy groups -OCH3 is 1. The van der Waals surface area contributed by atoms with Gasteiger partial charge in [-0.05, 0) is 38.0 Å². The van der Waals surface area contributed by atoms with Crippen LogP contribution in [0, 0.1) is 17.3 Å². The second kappa shape index (κ2) is 3.07. The summed E-state index contributed by atoms with van der Waals surface area (Å²) in [6, 6.07) is 0. The maximum atomic E-state index is 11.7. The fraction of sp³-hybridized carbons (Fsp3) is 0.818. The lowest BCUT2D eigenvalue weighted by Crippen LogP contribution is -2.33. The van der Waals surface area contributed by atoms with E-state index in [2.05, 4.69) is 0 Å². The van der Waals surface area contributed by atoms with E-state index in [9.17, 15) is 9.59 Å². The van der Waals surface area contributed by atoms with Gasteiger partial charge in [0.05, 0.1) is 7.11 Å². The average molecular weight is 196 g/mol. The highest BCUT2D eigenvalue weighted by Gasteiger charge is 2.52. The summed E-state index contributed by atoms with van der Waals surface area (Å²) in [7, 11) is 1.35. The molecule has 3 heteroatoms. The van der Waals surface area contributed by atoms with Gasteiger partial charge in [-0.2, -0.15) is 0 Å². The zero-order valence-electron chi connectivity index (χ0n) is 8.71. The molecule has 2 aliphatic carbocycles. The van der Waals surface area contributed by atoms with Crippen molar-refractivity contribution in [3.8, 4) is 0 Å². The second-order valence-electron chi connectivity index (χ2n) is 4.75. The highest BCUT2D eigenvalue weighted by atomic mass is 16.5. The topological polar surface area (TPSA) is 43.4 Å². The Balaban J connectivity index is 2.12. The van der Waals surface area contributed by atoms with Crippen molar-refractivity contribution >= 4 is 11.8 Å². The zero-order valence-corrected chi connectivity index (χ0v) is 8.71. The van der Waals surface area contributed by atoms with Crippen LogP contribution in [-0.4, -0.2) is 18.9 Å². The summed E-state index contributed by atoms with van der Waals surface area (Å²) in [6.45, 7) is 1.73. The Hall–Kier alpha value is -0.860. The number of ketones is 1. The third-order valence-corrected chi connectivity index (χ3v) is 3.66. The molecule has 2 atom stereocenters. The van der Waals surface area contributed by atoms with E-state index in [0.29, 0.717) is 24.7 Å². The first-order valence-corrected chi connectivity index (χ1v) is 5.19. The summed E-state index contributed by atoms with van der Waals surface area (Å²) in [5, 5.41) is 0. The number of carbonyl (C=O) groups excluding carboxylic acids is 2. The van der Waals surface area contributed by atoms with E-state index in [-0.39, 0.29) is 11.8 Å². The van der Waals surface area contributed by atoms with Gasteiger partial charge < -0.3 is 4.74 Å². The van der Waals surface area contributed by atoms with E-state index in [1.54, 1.807) is 6.92 Å². The largest absolute Gasteiger partial charge is 0.468 e. The molecule has 2 rings (SSSR count). The second-order valence-corrected chi connectivity index (χ2v) is 4.75. The lowest BCUT2D eigenvalue weighted by Gasteiger charge is -2.18. The first-order chi connectivity index (χ1) is 6.58. The standard InChI is InChI=1S/C11H16O3/c1-11(10(13)14-2)6-8(5-9(11)12)7-3-4-7/h7-8H,3-6H2,1-2H3. The number of carbonyl (C=O) groups is 2. The molecule has 0 spiro atoms. The lowest BCUT2D eigenvalue weighted by molar-refractivity contribution is -0.155. The van der Waals surface area contributed by atoms with Crippen molar-refractivity contribution < 1.29 is 14.3 Å². The smallest absolute Gasteiger partial charge is 0.319 e. The van der Waals surface area contributed by atoms with E-state index in [1.165, 1.54) is 20.0 Å². The molecule has 14 heavy (non-hydrogen) atoms. The Bertz CT molecular complexity index is 280. The SMILES string of the molecule is COC(=O)C1(C)CC(C2CC2)CC1=O. The van der Waals surface area contributed by atoms with Gasteiger partial charge in [0.2, 0.25) is 0 Å². The zero-order chi connectivity index (χ0) is 10.3. The summed E-state index contributed by atoms with van der Waals surface area (Å²) in [5.41, 5.74) is -0.845. The number of hydrogen-bond acceptors (Lipinski definition) is 3. The molecule has 0 bridgehead atoms. The molecule has 2 fully saturated rings. The van der Waals surface area contributed by atoms with Crippen molar-refractivity contribution in [1.82, 2.24) is 0 Å². The van der Waals surface area contributed by atoms with Gasteiger partial charge >= 0.3 is 5.97 Å². The molecule has 0 heterocycles. The normalized spacial score (nSPS) is 37.3. The van der Waals surface area contributed by atoms with E-state index in [1.807, 2.05) is 0 Å². The highest BCUT2D eigenvalue weighted by Crippen LogP contribution is 2.50. The number of hydrogen-bond donors (Lipinski definition) is 0. The van der Waals surface area contributed by atoms with Crippen LogP contribution in [0.1, 0.15) is 32.6 Å². The van der Waals surface area contributed by atoms with E-state index < -0.39 is 5.41 Å². The van der Waals surface area contributed by atoms with Gasteiger partial charge in [-0.25, -0.2) is 0 Å². The molecule has 2 unspecified atom stereocenters. The Morgan fingerprint density at radius 3 is 2.57 bits per heavy atom. The van der Waals surface area contributed by atoms with Gasteiger partial charge in [-0.1, -0.05) is 0 Å². The molecule has 0 radical (unpaired) electrons. The molecule has 2 aliphatic rings. The van der Waals surface area contributed by atoms with E-state index >= 15 is 0 Å². The van der Waals surface area contributed by atoms with Crippen molar-refractivity contribution in [3.05, 3.63) is 0 Å². The minimum Gasteiger partial charge on any atom is -0.468 e. The average Bonchev–Trinajstić information content (AvgIpc) is 2.94. The highest BCUT2D eigenvalue weighted by molar-refractivity contribution is 6.05. The van der Waals surface area contributed by atoms with Gasteiger partial charge in [0.15, 0.2) is 0 Å². The van der Waals surface area contributed by atoms with Crippen LogP contribution in [0.3, 0.4) is 0 Å². The molecule has 0 aromatic heterocycles. The van der Waals surface area contributed by atoms with E-state index in [4.69, 9.17) is 4.74 Å². The minimum atomic E-state index is -0.845. The van der Waals surface area contributed by atoms with Crippen molar-refractivity contribution in [2.45, 2.75) is 32.6 Å². The molecule has 0 aromatic rings. The van der Waals surface area contributed by atoms with Crippen LogP contribution in [0.25, 0.3) is 0 Å². The van der Waals surface area contributed by atoms with Gasteiger partial charge in [-0.15, -0.1) is 0 Å². The first kappa shape index (κ1) is 9.69. The molecule has 0 saturated heterocycles. The molecule has 3 nitrogen and oxygen atoms in total. The molecule has 0 N–H and O–H groups in total. The quantitative estimate of drug-likeness (QED) is 0.497. The Labute approximate surface area is 83.8 Å². The summed E-state index contributed by atoms with van der Waals surface area (Å²) in [6.07, 6.45) is 3.74. The molecule has 0 amide bonds. The Morgan fingerprint density at radius 2 is 2.07 bits per heavy atom. The summed E-state index contributed by atoms with van der Waals surface area (Å²) in [5.74, 6) is 0.851. The van der Waals surface area contributed by atoms with Crippen LogP contribution >= 0.6 is 0 Å². The maximum absolute atomic E-state index is 11.7. The molecular weight excluding hydrogens is 180 g/mol. The predicted molar refractivity (Wildman–Crippen MR) is 50.6 cm³/mol. The third kappa shape index (κ3) is 1.35. The summed E-state index contributed by atoms with van der Waals surface area (Å²) in [4.78, 5) is 23.2. The van der Waals surface area contributed by atoms with Crippen molar-refractivity contribution in [3.63, 3.8) is 0 Å². The van der Waals surface area contributed by atoms with Crippen molar-refractivity contribution in [2.75, 3.05) is 7.11 Å². The molecule has 0 aromatic carbocycles. The molecule has 78 valence electrons. The molecular formula is C11H16O3. The number of Topliss-reactive ketones (excluding diaryl/α,β-unsaturated/α-hetero) is 1. The number of esters is 1. The summed E-state index contributed by atoms with van der Waals surface area (Å²) < 4.78 is 4.70. The minimum absolute atomic E-state index is 0.0706. The van der Waals surface area contributed by atoms with Gasteiger partial charge in [0.25, 0.3) is 0 Å². The van der Waals surface area contributed by atoms with Crippen LogP contribution in [0.2, 0.25) is 0 Å². The fourth-order valence-electron chi connectivity index (χ4n) is 2.50. The summed E-state index contributed by atoms with van der Waals surface area (Å²) >= 11 is 0. The van der Waals surface area contributed by atoms with Crippen molar-refractivity contribution in [2.24, 2.45) is 17.3 Å². The van der Waals surface area contributed by atoms with Crippen molar-refractivity contribution in [1.29, 1.82) is 0 Å². The molecule has 0 aliphatic heterocycles. The molecule has 2 saturated carbocycles. The van der Waals surface area contributed by atoms with Crippen LogP contribution in [0.15, 0.2) is 0 Å². The van der Waals surface area contributed by atoms with E-state index in [0.717, 1.165) is 0 Å². The lowest BCUT2D eigenvalue weighted by atomic mass is 9.86. The Morgan fingerprint density at radius 1 is 1.43 bits per heavy atom. The van der Waals surface area contributed by atoms with Crippen LogP contribution in [0.5, 0.6) is 0 Å². The third-order valence-electron chi connectivity index (χ3n) is 3.66. The first-order valence-electron chi connectivity index (χ1n) is 5.19.